The molecule has 104 valence electrons. The van der Waals surface area contributed by atoms with Crippen LogP contribution < -0.4 is 0 Å². The topological polar surface area (TPSA) is 64.0 Å². The van der Waals surface area contributed by atoms with Crippen LogP contribution in [0.5, 0.6) is 0 Å². The van der Waals surface area contributed by atoms with E-state index < -0.39 is 12.2 Å². The molecule has 1 aliphatic heterocycles. The Kier molecular flexibility index (Phi) is 4.59. The van der Waals surface area contributed by atoms with Gasteiger partial charge >= 0.3 is 0 Å². The van der Waals surface area contributed by atoms with Crippen LogP contribution in [0.15, 0.2) is 0 Å². The molecule has 1 amide bonds. The summed E-state index contributed by atoms with van der Waals surface area (Å²) in [6.07, 6.45) is 4.49. The average Bonchev–Trinajstić information content (AvgIpc) is 2.68. The van der Waals surface area contributed by atoms with E-state index in [1.807, 2.05) is 16.8 Å². The van der Waals surface area contributed by atoms with Crippen molar-refractivity contribution in [1.82, 2.24) is 9.80 Å². The zero-order valence-electron chi connectivity index (χ0n) is 11.1. The predicted molar refractivity (Wildman–Crippen MR) is 68.1 cm³/mol. The molecule has 1 heterocycles. The maximum Gasteiger partial charge on any atom is 0.236 e. The van der Waals surface area contributed by atoms with Crippen molar-refractivity contribution in [3.8, 4) is 0 Å². The number of hydrogen-bond donors (Lipinski definition) is 2. The van der Waals surface area contributed by atoms with Crippen molar-refractivity contribution >= 4 is 5.91 Å². The van der Waals surface area contributed by atoms with E-state index in [9.17, 15) is 15.0 Å². The van der Waals surface area contributed by atoms with Gasteiger partial charge in [0.15, 0.2) is 0 Å². The molecule has 5 nitrogen and oxygen atoms in total. The van der Waals surface area contributed by atoms with Gasteiger partial charge in [-0.3, -0.25) is 9.69 Å². The zero-order chi connectivity index (χ0) is 13.1. The highest BCUT2D eigenvalue weighted by atomic mass is 16.3. The number of rotatable bonds is 3. The van der Waals surface area contributed by atoms with Gasteiger partial charge in [-0.15, -0.1) is 0 Å². The van der Waals surface area contributed by atoms with Crippen LogP contribution in [0.4, 0.5) is 0 Å². The fraction of sp³-hybridized carbons (Fsp3) is 0.923. The van der Waals surface area contributed by atoms with E-state index in [0.29, 0.717) is 25.7 Å². The SMILES string of the molecule is CN(C(=O)CN1C[C@@H](O)[C@@H](O)C1)C1CCCCC1. The minimum atomic E-state index is -0.710. The molecule has 1 saturated carbocycles. The van der Waals surface area contributed by atoms with Crippen LogP contribution in [-0.4, -0.2) is 70.9 Å². The van der Waals surface area contributed by atoms with Crippen LogP contribution in [-0.2, 0) is 4.79 Å². The van der Waals surface area contributed by atoms with Crippen molar-refractivity contribution in [1.29, 1.82) is 0 Å². The molecule has 2 N–H and O–H groups in total. The molecule has 2 fully saturated rings. The summed E-state index contributed by atoms with van der Waals surface area (Å²) in [5.41, 5.74) is 0. The van der Waals surface area contributed by atoms with Gasteiger partial charge in [-0.2, -0.15) is 0 Å². The van der Waals surface area contributed by atoms with Gasteiger partial charge in [0.05, 0.1) is 18.8 Å². The first-order valence-electron chi connectivity index (χ1n) is 6.92. The monoisotopic (exact) mass is 256 g/mol. The van der Waals surface area contributed by atoms with Gasteiger partial charge in [-0.25, -0.2) is 0 Å². The molecule has 0 aromatic heterocycles. The molecule has 2 atom stereocenters. The van der Waals surface area contributed by atoms with Gasteiger partial charge in [-0.1, -0.05) is 19.3 Å². The Balaban J connectivity index is 1.80. The first kappa shape index (κ1) is 13.8. The Labute approximate surface area is 108 Å². The second-order valence-corrected chi connectivity index (χ2v) is 5.63. The highest BCUT2D eigenvalue weighted by Gasteiger charge is 2.32. The lowest BCUT2D eigenvalue weighted by Gasteiger charge is -2.32. The van der Waals surface area contributed by atoms with Crippen molar-refractivity contribution in [2.75, 3.05) is 26.7 Å². The molecular formula is C13H24N2O3. The predicted octanol–water partition coefficient (Wildman–Crippen LogP) is -0.185. The normalized spacial score (nSPS) is 30.6. The van der Waals surface area contributed by atoms with Crippen LogP contribution >= 0.6 is 0 Å². The largest absolute Gasteiger partial charge is 0.389 e. The minimum Gasteiger partial charge on any atom is -0.389 e. The fourth-order valence-electron chi connectivity index (χ4n) is 2.95. The standard InChI is InChI=1S/C13H24N2O3/c1-14(10-5-3-2-4-6-10)13(18)9-15-7-11(16)12(17)8-15/h10-12,16-17H,2-9H2,1H3/t11-,12+. The number of likely N-dealkylation sites (N-methyl/N-ethyl adjacent to an activating group) is 1. The van der Waals surface area contributed by atoms with Crippen LogP contribution in [0.2, 0.25) is 0 Å². The third-order valence-electron chi connectivity index (χ3n) is 4.21. The third-order valence-corrected chi connectivity index (χ3v) is 4.21. The van der Waals surface area contributed by atoms with E-state index in [0.717, 1.165) is 12.8 Å². The molecule has 1 aliphatic carbocycles. The highest BCUT2D eigenvalue weighted by Crippen LogP contribution is 2.22. The number of likely N-dealkylation sites (tertiary alicyclic amines) is 1. The summed E-state index contributed by atoms with van der Waals surface area (Å²) >= 11 is 0. The van der Waals surface area contributed by atoms with Gasteiger partial charge in [0.1, 0.15) is 0 Å². The number of nitrogens with zero attached hydrogens (tertiary/aromatic N) is 2. The van der Waals surface area contributed by atoms with Gasteiger partial charge in [0.2, 0.25) is 5.91 Å². The molecule has 2 rings (SSSR count). The molecule has 0 aromatic carbocycles. The van der Waals surface area contributed by atoms with E-state index in [1.54, 1.807) is 0 Å². The van der Waals surface area contributed by atoms with E-state index in [4.69, 9.17) is 0 Å². The Morgan fingerprint density at radius 2 is 1.72 bits per heavy atom. The Morgan fingerprint density at radius 3 is 2.28 bits per heavy atom. The summed E-state index contributed by atoms with van der Waals surface area (Å²) in [5, 5.41) is 18.9. The molecule has 0 bridgehead atoms. The summed E-state index contributed by atoms with van der Waals surface area (Å²) in [6.45, 7) is 1.10. The Morgan fingerprint density at radius 1 is 1.17 bits per heavy atom. The quantitative estimate of drug-likeness (QED) is 0.735. The Hall–Kier alpha value is -0.650. The van der Waals surface area contributed by atoms with Crippen LogP contribution in [0.25, 0.3) is 0 Å². The molecule has 5 heteroatoms. The lowest BCUT2D eigenvalue weighted by molar-refractivity contribution is -0.133. The second-order valence-electron chi connectivity index (χ2n) is 5.63. The number of hydrogen-bond acceptors (Lipinski definition) is 4. The first-order chi connectivity index (χ1) is 8.58. The zero-order valence-corrected chi connectivity index (χ0v) is 11.1. The van der Waals surface area contributed by atoms with Crippen LogP contribution in [0.3, 0.4) is 0 Å². The number of β-amino-alcohol motifs (C(OH)–C–C–N with tert-alkyl or cyclic N) is 2. The summed E-state index contributed by atoms with van der Waals surface area (Å²) in [6, 6.07) is 0.378. The number of aliphatic hydroxyl groups excluding tert-OH is 2. The summed E-state index contributed by atoms with van der Waals surface area (Å²) < 4.78 is 0. The summed E-state index contributed by atoms with van der Waals surface area (Å²) in [7, 11) is 1.88. The average molecular weight is 256 g/mol. The Bertz CT molecular complexity index is 282. The van der Waals surface area contributed by atoms with Gasteiger partial charge in [-0.05, 0) is 12.8 Å². The van der Waals surface area contributed by atoms with E-state index in [-0.39, 0.29) is 5.91 Å². The van der Waals surface area contributed by atoms with Crippen molar-refractivity contribution in [3.05, 3.63) is 0 Å². The molecule has 0 radical (unpaired) electrons. The van der Waals surface area contributed by atoms with Crippen LogP contribution in [0.1, 0.15) is 32.1 Å². The molecule has 18 heavy (non-hydrogen) atoms. The molecular weight excluding hydrogens is 232 g/mol. The summed E-state index contributed by atoms with van der Waals surface area (Å²) in [4.78, 5) is 15.8. The maximum atomic E-state index is 12.1. The van der Waals surface area contributed by atoms with Gasteiger partial charge in [0.25, 0.3) is 0 Å². The van der Waals surface area contributed by atoms with Gasteiger partial charge in [0, 0.05) is 26.2 Å². The van der Waals surface area contributed by atoms with Crippen molar-refractivity contribution in [2.45, 2.75) is 50.4 Å². The molecule has 2 aliphatic rings. The lowest BCUT2D eigenvalue weighted by Crippen LogP contribution is -2.43. The third kappa shape index (κ3) is 3.22. The van der Waals surface area contributed by atoms with Crippen molar-refractivity contribution < 1.29 is 15.0 Å². The number of amides is 1. The first-order valence-corrected chi connectivity index (χ1v) is 6.92. The van der Waals surface area contributed by atoms with Crippen molar-refractivity contribution in [3.63, 3.8) is 0 Å². The van der Waals surface area contributed by atoms with E-state index in [2.05, 4.69) is 0 Å². The fourth-order valence-corrected chi connectivity index (χ4v) is 2.95. The molecule has 0 unspecified atom stereocenters. The van der Waals surface area contributed by atoms with Crippen molar-refractivity contribution in [2.24, 2.45) is 0 Å². The second kappa shape index (κ2) is 5.99. The maximum absolute atomic E-state index is 12.1. The van der Waals surface area contributed by atoms with Gasteiger partial charge < -0.3 is 15.1 Å². The molecule has 1 saturated heterocycles. The minimum absolute atomic E-state index is 0.100. The molecule has 0 aromatic rings. The number of aliphatic hydroxyl groups is 2. The lowest BCUT2D eigenvalue weighted by atomic mass is 9.94. The van der Waals surface area contributed by atoms with E-state index >= 15 is 0 Å². The van der Waals surface area contributed by atoms with Crippen LogP contribution in [0, 0.1) is 0 Å². The molecule has 0 spiro atoms. The smallest absolute Gasteiger partial charge is 0.236 e. The number of carbonyl (C=O) groups is 1. The highest BCUT2D eigenvalue weighted by molar-refractivity contribution is 5.78. The van der Waals surface area contributed by atoms with E-state index in [1.165, 1.54) is 19.3 Å². The number of carbonyl (C=O) groups excluding carboxylic acids is 1. The summed E-state index contributed by atoms with van der Waals surface area (Å²) in [5.74, 6) is 0.100.